The monoisotopic (exact) mass is 592 g/mol. The standard InChI is InChI=1S/C18H12N2O2.C8H20N2O2S.CH4O3S/c21-17-13-14(16(20-17)12-9-5-2-6-10-12)18(22)19-15(13)11-7-3-1-4-8-11;1-4-10(5-2)8-6-7-9-13(3,11)12;1-5(2,3)4/h1-10,19,22H;9H,4-8H2,1-3H3;1H3,(H,2,3,4). The van der Waals surface area contributed by atoms with Crippen molar-refractivity contribution >= 4 is 31.8 Å². The van der Waals surface area contributed by atoms with E-state index < -0.39 is 20.1 Å². The van der Waals surface area contributed by atoms with Crippen LogP contribution < -0.4 is 4.72 Å². The molecule has 11 nitrogen and oxygen atoms in total. The van der Waals surface area contributed by atoms with Crippen LogP contribution in [0, 0.1) is 0 Å². The molecular weight excluding hydrogens is 556 g/mol. The van der Waals surface area contributed by atoms with E-state index in [0.29, 0.717) is 35.3 Å². The van der Waals surface area contributed by atoms with Gasteiger partial charge in [0.1, 0.15) is 0 Å². The number of carbonyl (C=O) groups excluding carboxylic acids is 1. The number of benzene rings is 2. The molecule has 4 rings (SSSR count). The zero-order valence-corrected chi connectivity index (χ0v) is 24.6. The molecule has 0 unspecified atom stereocenters. The minimum Gasteiger partial charge on any atom is -0.494 e. The van der Waals surface area contributed by atoms with Gasteiger partial charge in [0, 0.05) is 12.1 Å². The Kier molecular flexibility index (Phi) is 12.2. The summed E-state index contributed by atoms with van der Waals surface area (Å²) >= 11 is 0. The fourth-order valence-corrected chi connectivity index (χ4v) is 4.39. The summed E-state index contributed by atoms with van der Waals surface area (Å²) in [6.45, 7) is 7.75. The van der Waals surface area contributed by atoms with E-state index in [0.717, 1.165) is 37.2 Å². The highest BCUT2D eigenvalue weighted by Gasteiger charge is 2.33. The second kappa shape index (κ2) is 14.9. The van der Waals surface area contributed by atoms with Crippen molar-refractivity contribution in [2.24, 2.45) is 4.99 Å². The first-order valence-corrected chi connectivity index (χ1v) is 16.3. The van der Waals surface area contributed by atoms with Crippen LogP contribution in [0.1, 0.15) is 41.8 Å². The lowest BCUT2D eigenvalue weighted by Crippen LogP contribution is -2.29. The fourth-order valence-electron chi connectivity index (χ4n) is 3.87. The molecule has 1 aromatic heterocycles. The first-order chi connectivity index (χ1) is 18.7. The van der Waals surface area contributed by atoms with Crippen molar-refractivity contribution in [2.75, 3.05) is 38.7 Å². The highest BCUT2D eigenvalue weighted by atomic mass is 32.2. The maximum Gasteiger partial charge on any atom is 0.280 e. The molecule has 1 amide bonds. The molecule has 0 spiro atoms. The molecule has 0 aliphatic carbocycles. The molecule has 218 valence electrons. The normalized spacial score (nSPS) is 12.7. The molecule has 0 saturated heterocycles. The molecule has 3 aromatic rings. The van der Waals surface area contributed by atoms with Gasteiger partial charge in [0.2, 0.25) is 10.0 Å². The van der Waals surface area contributed by atoms with E-state index in [1.54, 1.807) is 0 Å². The molecule has 4 N–H and O–H groups in total. The molecule has 2 heterocycles. The van der Waals surface area contributed by atoms with Gasteiger partial charge in [0.05, 0.1) is 35.0 Å². The van der Waals surface area contributed by atoms with E-state index >= 15 is 0 Å². The van der Waals surface area contributed by atoms with Gasteiger partial charge >= 0.3 is 0 Å². The van der Waals surface area contributed by atoms with Gasteiger partial charge < -0.3 is 15.0 Å². The SMILES string of the molecule is CCN(CC)CCCNS(C)(=O)=O.CS(=O)(=O)O.O=C1N=C(c2ccccc2)c2c(O)[nH]c(-c3ccccc3)c21. The number of aliphatic imine (C=N–C) groups is 1. The molecule has 0 fully saturated rings. The number of aromatic hydroxyl groups is 1. The summed E-state index contributed by atoms with van der Waals surface area (Å²) in [5.41, 5.74) is 3.68. The summed E-state index contributed by atoms with van der Waals surface area (Å²) in [5.74, 6) is -0.355. The van der Waals surface area contributed by atoms with E-state index in [2.05, 4.69) is 33.4 Å². The number of nitrogens with one attached hydrogen (secondary N) is 2. The van der Waals surface area contributed by atoms with E-state index in [4.69, 9.17) is 4.55 Å². The van der Waals surface area contributed by atoms with Gasteiger partial charge in [-0.15, -0.1) is 0 Å². The van der Waals surface area contributed by atoms with Gasteiger partial charge in [0.15, 0.2) is 5.88 Å². The zero-order valence-electron chi connectivity index (χ0n) is 23.0. The summed E-state index contributed by atoms with van der Waals surface area (Å²) in [7, 11) is -6.67. The number of hydrogen-bond donors (Lipinski definition) is 4. The van der Waals surface area contributed by atoms with Crippen molar-refractivity contribution < 1.29 is 31.3 Å². The summed E-state index contributed by atoms with van der Waals surface area (Å²) in [5, 5.41) is 10.3. The quantitative estimate of drug-likeness (QED) is 0.217. The molecule has 0 radical (unpaired) electrons. The minimum absolute atomic E-state index is 0.0256. The summed E-state index contributed by atoms with van der Waals surface area (Å²) in [6.07, 6.45) is 2.77. The van der Waals surface area contributed by atoms with Gasteiger partial charge in [-0.1, -0.05) is 74.5 Å². The Morgan fingerprint density at radius 2 is 1.38 bits per heavy atom. The number of fused-ring (bicyclic) bond motifs is 1. The summed E-state index contributed by atoms with van der Waals surface area (Å²) < 4.78 is 49.7. The van der Waals surface area contributed by atoms with Crippen molar-refractivity contribution in [2.45, 2.75) is 20.3 Å². The van der Waals surface area contributed by atoms with Gasteiger partial charge in [-0.2, -0.15) is 8.42 Å². The lowest BCUT2D eigenvalue weighted by Gasteiger charge is -2.17. The molecule has 0 atom stereocenters. The molecule has 0 bridgehead atoms. The average molecular weight is 593 g/mol. The van der Waals surface area contributed by atoms with Crippen LogP contribution in [0.5, 0.6) is 5.88 Å². The number of H-pyrrole nitrogens is 1. The van der Waals surface area contributed by atoms with Crippen molar-refractivity contribution in [1.82, 2.24) is 14.6 Å². The van der Waals surface area contributed by atoms with Crippen LogP contribution in [0.2, 0.25) is 0 Å². The lowest BCUT2D eigenvalue weighted by molar-refractivity contribution is 0.101. The van der Waals surface area contributed by atoms with Crippen LogP contribution in [0.3, 0.4) is 0 Å². The summed E-state index contributed by atoms with van der Waals surface area (Å²) in [6, 6.07) is 18.8. The number of aromatic nitrogens is 1. The van der Waals surface area contributed by atoms with Crippen LogP contribution in [0.4, 0.5) is 0 Å². The second-order valence-electron chi connectivity index (χ2n) is 8.88. The number of carbonyl (C=O) groups is 1. The highest BCUT2D eigenvalue weighted by Crippen LogP contribution is 2.37. The van der Waals surface area contributed by atoms with Crippen molar-refractivity contribution in [3.63, 3.8) is 0 Å². The Balaban J connectivity index is 0.000000266. The van der Waals surface area contributed by atoms with Crippen LogP contribution in [0.15, 0.2) is 65.7 Å². The molecule has 2 aromatic carbocycles. The molecular formula is C27H36N4O7S2. The van der Waals surface area contributed by atoms with E-state index in [9.17, 15) is 26.7 Å². The van der Waals surface area contributed by atoms with Gasteiger partial charge in [0.25, 0.3) is 16.0 Å². The number of sulfonamides is 1. The third kappa shape index (κ3) is 10.7. The zero-order chi connectivity index (χ0) is 29.9. The van der Waals surface area contributed by atoms with Gasteiger partial charge in [-0.05, 0) is 31.6 Å². The minimum atomic E-state index is -3.67. The Labute approximate surface area is 235 Å². The first kappa shape index (κ1) is 32.8. The second-order valence-corrected chi connectivity index (χ2v) is 12.2. The van der Waals surface area contributed by atoms with Gasteiger partial charge in [-0.3, -0.25) is 9.35 Å². The lowest BCUT2D eigenvalue weighted by atomic mass is 10.0. The number of amides is 1. The third-order valence-corrected chi connectivity index (χ3v) is 6.39. The Morgan fingerprint density at radius 3 is 1.85 bits per heavy atom. The highest BCUT2D eigenvalue weighted by molar-refractivity contribution is 7.88. The average Bonchev–Trinajstić information content (AvgIpc) is 3.42. The number of nitrogens with zero attached hydrogens (tertiary/aromatic N) is 2. The van der Waals surface area contributed by atoms with Crippen LogP contribution in [0.25, 0.3) is 11.3 Å². The maximum atomic E-state index is 12.3. The van der Waals surface area contributed by atoms with Crippen molar-refractivity contribution in [1.29, 1.82) is 0 Å². The predicted octanol–water partition coefficient (Wildman–Crippen LogP) is 3.15. The van der Waals surface area contributed by atoms with Crippen LogP contribution >= 0.6 is 0 Å². The molecule has 0 saturated carbocycles. The predicted molar refractivity (Wildman–Crippen MR) is 157 cm³/mol. The van der Waals surface area contributed by atoms with Crippen LogP contribution in [-0.2, 0) is 20.1 Å². The Morgan fingerprint density at radius 1 is 0.875 bits per heavy atom. The number of hydrogen-bond acceptors (Lipinski definition) is 7. The van der Waals surface area contributed by atoms with E-state index in [1.165, 1.54) is 6.26 Å². The largest absolute Gasteiger partial charge is 0.494 e. The first-order valence-electron chi connectivity index (χ1n) is 12.5. The smallest absolute Gasteiger partial charge is 0.280 e. The van der Waals surface area contributed by atoms with E-state index in [-0.39, 0.29) is 11.8 Å². The van der Waals surface area contributed by atoms with Crippen molar-refractivity contribution in [3.05, 3.63) is 77.4 Å². The maximum absolute atomic E-state index is 12.3. The van der Waals surface area contributed by atoms with Gasteiger partial charge in [-0.25, -0.2) is 18.1 Å². The third-order valence-electron chi connectivity index (χ3n) is 5.66. The molecule has 1 aliphatic rings. The number of aromatic amines is 1. The Bertz CT molecular complexity index is 1490. The van der Waals surface area contributed by atoms with E-state index in [1.807, 2.05) is 60.7 Å². The van der Waals surface area contributed by atoms with Crippen LogP contribution in [-0.4, -0.2) is 86.7 Å². The molecule has 13 heteroatoms. The molecule has 1 aliphatic heterocycles. The fraction of sp³-hybridized carbons (Fsp3) is 0.333. The number of rotatable bonds is 9. The topological polar surface area (TPSA) is 169 Å². The summed E-state index contributed by atoms with van der Waals surface area (Å²) in [4.78, 5) is 21.7. The Hall–Kier alpha value is -3.36. The van der Waals surface area contributed by atoms with Crippen molar-refractivity contribution in [3.8, 4) is 17.1 Å². The molecule has 40 heavy (non-hydrogen) atoms.